The number of hydrogen-bond acceptors (Lipinski definition) is 6. The minimum atomic E-state index is -0.135. The molecule has 0 spiro atoms. The summed E-state index contributed by atoms with van der Waals surface area (Å²) >= 11 is 1.32. The summed E-state index contributed by atoms with van der Waals surface area (Å²) in [7, 11) is 1.62. The van der Waals surface area contributed by atoms with Crippen LogP contribution in [0.15, 0.2) is 54.3 Å². The van der Waals surface area contributed by atoms with Gasteiger partial charge >= 0.3 is 0 Å². The molecule has 2 heterocycles. The molecule has 0 aliphatic heterocycles. The lowest BCUT2D eigenvalue weighted by Gasteiger charge is -2.12. The fourth-order valence-corrected chi connectivity index (χ4v) is 3.60. The smallest absolute Gasteiger partial charge is 0.235 e. The molecule has 9 heteroatoms. The molecule has 1 N–H and O–H groups in total. The van der Waals surface area contributed by atoms with Gasteiger partial charge in [0.15, 0.2) is 11.0 Å². The molecule has 0 saturated heterocycles. The molecule has 2 aromatic heterocycles. The number of nitrogens with one attached hydrogen (secondary N) is 1. The van der Waals surface area contributed by atoms with Crippen molar-refractivity contribution in [2.75, 3.05) is 18.2 Å². The van der Waals surface area contributed by atoms with E-state index in [0.717, 1.165) is 5.56 Å². The van der Waals surface area contributed by atoms with Gasteiger partial charge in [-0.25, -0.2) is 4.68 Å². The fourth-order valence-electron chi connectivity index (χ4n) is 2.85. The van der Waals surface area contributed by atoms with Crippen LogP contribution < -0.4 is 10.1 Å². The van der Waals surface area contributed by atoms with Gasteiger partial charge < -0.3 is 10.1 Å². The molecule has 0 radical (unpaired) electrons. The molecule has 0 aliphatic rings. The highest BCUT2D eigenvalue weighted by Gasteiger charge is 2.18. The largest absolute Gasteiger partial charge is 0.496 e. The van der Waals surface area contributed by atoms with Crippen molar-refractivity contribution in [2.24, 2.45) is 0 Å². The monoisotopic (exact) mass is 412 g/mol. The number of thioether (sulfide) groups is 1. The van der Waals surface area contributed by atoms with Gasteiger partial charge in [0.1, 0.15) is 11.6 Å². The van der Waals surface area contributed by atoms with Gasteiger partial charge in [-0.2, -0.15) is 5.10 Å². The van der Waals surface area contributed by atoms with Crippen molar-refractivity contribution in [3.8, 4) is 17.1 Å². The summed E-state index contributed by atoms with van der Waals surface area (Å²) in [6, 6.07) is 9.56. The van der Waals surface area contributed by atoms with E-state index in [1.54, 1.807) is 30.1 Å². The normalized spacial score (nSPS) is 10.9. The molecule has 0 fully saturated rings. The molecular weight excluding hydrogens is 388 g/mol. The first-order valence-corrected chi connectivity index (χ1v) is 10.2. The number of carbonyl (C=O) groups excluding carboxylic acids is 1. The molecule has 152 valence electrons. The summed E-state index contributed by atoms with van der Waals surface area (Å²) in [4.78, 5) is 12.4. The van der Waals surface area contributed by atoms with Gasteiger partial charge in [-0.1, -0.05) is 30.0 Å². The number of rotatable bonds is 9. The maximum atomic E-state index is 12.4. The van der Waals surface area contributed by atoms with Crippen LogP contribution in [0.5, 0.6) is 5.75 Å². The van der Waals surface area contributed by atoms with E-state index >= 15 is 0 Å². The average Bonchev–Trinajstić information content (AvgIpc) is 3.34. The van der Waals surface area contributed by atoms with Gasteiger partial charge in [-0.05, 0) is 26.0 Å². The zero-order valence-electron chi connectivity index (χ0n) is 16.7. The Bertz CT molecular complexity index is 995. The van der Waals surface area contributed by atoms with Crippen molar-refractivity contribution in [1.29, 1.82) is 0 Å². The maximum Gasteiger partial charge on any atom is 0.235 e. The van der Waals surface area contributed by atoms with E-state index in [4.69, 9.17) is 4.74 Å². The van der Waals surface area contributed by atoms with Crippen molar-refractivity contribution in [3.05, 3.63) is 49.2 Å². The van der Waals surface area contributed by atoms with Crippen LogP contribution >= 0.6 is 11.8 Å². The number of hydrogen-bond donors (Lipinski definition) is 1. The van der Waals surface area contributed by atoms with Crippen LogP contribution in [0, 0.1) is 0 Å². The predicted molar refractivity (Wildman–Crippen MR) is 114 cm³/mol. The molecule has 3 rings (SSSR count). The summed E-state index contributed by atoms with van der Waals surface area (Å²) in [6.07, 6.45) is 3.44. The number of carbonyl (C=O) groups is 1. The Kier molecular flexibility index (Phi) is 6.71. The van der Waals surface area contributed by atoms with E-state index in [2.05, 4.69) is 27.2 Å². The number of amides is 1. The topological polar surface area (TPSA) is 86.9 Å². The standard InChI is InChI=1S/C20H24N6O2S/c1-5-12-25-19(15-8-6-7-9-16(15)28-4)23-24-20(25)29-13-18(27)22-17-10-11-21-26(17)14(2)3/h5-11,14H,1,12-13H2,2-4H3,(H,22,27). The van der Waals surface area contributed by atoms with Crippen LogP contribution in [0.2, 0.25) is 0 Å². The highest BCUT2D eigenvalue weighted by Crippen LogP contribution is 2.31. The molecule has 0 atom stereocenters. The van der Waals surface area contributed by atoms with E-state index in [0.29, 0.717) is 29.1 Å². The number of para-hydroxylation sites is 1. The number of allylic oxidation sites excluding steroid dienone is 1. The van der Waals surface area contributed by atoms with Gasteiger partial charge in [0, 0.05) is 18.7 Å². The van der Waals surface area contributed by atoms with E-state index in [-0.39, 0.29) is 17.7 Å². The first-order valence-electron chi connectivity index (χ1n) is 9.18. The zero-order chi connectivity index (χ0) is 20.8. The van der Waals surface area contributed by atoms with Crippen molar-refractivity contribution >= 4 is 23.5 Å². The molecule has 0 saturated carbocycles. The summed E-state index contributed by atoms with van der Waals surface area (Å²) in [5.41, 5.74) is 0.835. The Morgan fingerprint density at radius 2 is 2.10 bits per heavy atom. The Labute approximate surface area is 174 Å². The van der Waals surface area contributed by atoms with Crippen LogP contribution in [0.25, 0.3) is 11.4 Å². The number of nitrogens with zero attached hydrogens (tertiary/aromatic N) is 5. The minimum absolute atomic E-state index is 0.135. The molecule has 0 aliphatic carbocycles. The number of methoxy groups -OCH3 is 1. The third kappa shape index (κ3) is 4.68. The lowest BCUT2D eigenvalue weighted by Crippen LogP contribution is -2.18. The quantitative estimate of drug-likeness (QED) is 0.426. The summed E-state index contributed by atoms with van der Waals surface area (Å²) in [5, 5.41) is 16.4. The van der Waals surface area contributed by atoms with Gasteiger partial charge in [-0.15, -0.1) is 16.8 Å². The average molecular weight is 413 g/mol. The molecular formula is C20H24N6O2S. The van der Waals surface area contributed by atoms with Crippen molar-refractivity contribution < 1.29 is 9.53 Å². The van der Waals surface area contributed by atoms with Crippen LogP contribution in [0.4, 0.5) is 5.82 Å². The first kappa shape index (κ1) is 20.7. The third-order valence-electron chi connectivity index (χ3n) is 4.14. The van der Waals surface area contributed by atoms with Gasteiger partial charge in [0.2, 0.25) is 5.91 Å². The van der Waals surface area contributed by atoms with Crippen LogP contribution in [-0.2, 0) is 11.3 Å². The molecule has 0 unspecified atom stereocenters. The van der Waals surface area contributed by atoms with Gasteiger partial charge in [-0.3, -0.25) is 9.36 Å². The van der Waals surface area contributed by atoms with E-state index in [9.17, 15) is 4.79 Å². The molecule has 1 amide bonds. The Morgan fingerprint density at radius 3 is 2.83 bits per heavy atom. The Morgan fingerprint density at radius 1 is 1.31 bits per heavy atom. The van der Waals surface area contributed by atoms with Gasteiger partial charge in [0.25, 0.3) is 0 Å². The Balaban J connectivity index is 1.76. The maximum absolute atomic E-state index is 12.4. The lowest BCUT2D eigenvalue weighted by molar-refractivity contribution is -0.113. The molecule has 3 aromatic rings. The van der Waals surface area contributed by atoms with Crippen LogP contribution in [0.1, 0.15) is 19.9 Å². The van der Waals surface area contributed by atoms with E-state index in [1.165, 1.54) is 11.8 Å². The molecule has 29 heavy (non-hydrogen) atoms. The van der Waals surface area contributed by atoms with Crippen molar-refractivity contribution in [2.45, 2.75) is 31.6 Å². The summed E-state index contributed by atoms with van der Waals surface area (Å²) in [5.74, 6) is 2.12. The second kappa shape index (κ2) is 9.42. The van der Waals surface area contributed by atoms with E-state index < -0.39 is 0 Å². The summed E-state index contributed by atoms with van der Waals surface area (Å²) < 4.78 is 9.13. The highest BCUT2D eigenvalue weighted by atomic mass is 32.2. The number of anilines is 1. The Hall–Kier alpha value is -3.07. The number of aromatic nitrogens is 5. The third-order valence-corrected chi connectivity index (χ3v) is 5.10. The molecule has 0 bridgehead atoms. The van der Waals surface area contributed by atoms with Crippen LogP contribution in [0.3, 0.4) is 0 Å². The van der Waals surface area contributed by atoms with E-state index in [1.807, 2.05) is 42.7 Å². The first-order chi connectivity index (χ1) is 14.0. The number of benzene rings is 1. The molecule has 8 nitrogen and oxygen atoms in total. The second-order valence-electron chi connectivity index (χ2n) is 6.50. The predicted octanol–water partition coefficient (Wildman–Crippen LogP) is 3.65. The van der Waals surface area contributed by atoms with Crippen molar-refractivity contribution in [3.63, 3.8) is 0 Å². The van der Waals surface area contributed by atoms with Crippen LogP contribution in [-0.4, -0.2) is 43.3 Å². The zero-order valence-corrected chi connectivity index (χ0v) is 17.5. The fraction of sp³-hybridized carbons (Fsp3) is 0.300. The number of ether oxygens (including phenoxy) is 1. The highest BCUT2D eigenvalue weighted by molar-refractivity contribution is 7.99. The van der Waals surface area contributed by atoms with Gasteiger partial charge in [0.05, 0.1) is 24.6 Å². The SMILES string of the molecule is C=CCn1c(SCC(=O)Nc2ccnn2C(C)C)nnc1-c1ccccc1OC. The molecule has 1 aromatic carbocycles. The minimum Gasteiger partial charge on any atom is -0.496 e. The summed E-state index contributed by atoms with van der Waals surface area (Å²) in [6.45, 7) is 8.35. The second-order valence-corrected chi connectivity index (χ2v) is 7.44. The lowest BCUT2D eigenvalue weighted by atomic mass is 10.2. The van der Waals surface area contributed by atoms with Crippen molar-refractivity contribution in [1.82, 2.24) is 24.5 Å².